The van der Waals surface area contributed by atoms with E-state index in [2.05, 4.69) is 17.6 Å². The number of nitrogens with two attached hydrogens (primary N) is 1. The summed E-state index contributed by atoms with van der Waals surface area (Å²) in [6.45, 7) is 3.75. The van der Waals surface area contributed by atoms with Gasteiger partial charge < -0.3 is 15.4 Å². The van der Waals surface area contributed by atoms with Crippen LogP contribution in [0, 0.1) is 0 Å². The van der Waals surface area contributed by atoms with Gasteiger partial charge in [0, 0.05) is 17.6 Å². The summed E-state index contributed by atoms with van der Waals surface area (Å²) in [5.41, 5.74) is 7.89. The normalized spacial score (nSPS) is 11.1. The van der Waals surface area contributed by atoms with Gasteiger partial charge in [0.05, 0.1) is 5.52 Å². The van der Waals surface area contributed by atoms with Crippen LogP contribution in [0.5, 0.6) is 5.75 Å². The second-order valence-corrected chi connectivity index (χ2v) is 3.98. The molecule has 0 amide bonds. The minimum atomic E-state index is 0.360. The zero-order valence-electron chi connectivity index (χ0n) is 9.61. The summed E-state index contributed by atoms with van der Waals surface area (Å²) in [7, 11) is 0. The molecule has 0 saturated carbocycles. The minimum absolute atomic E-state index is 0.360. The number of benzene rings is 1. The highest BCUT2D eigenvalue weighted by Crippen LogP contribution is 2.28. The number of hydrogen-bond acceptors (Lipinski definition) is 2. The Kier molecular flexibility index (Phi) is 3.15. The van der Waals surface area contributed by atoms with Crippen molar-refractivity contribution in [1.82, 2.24) is 4.57 Å². The van der Waals surface area contributed by atoms with Crippen molar-refractivity contribution in [2.24, 2.45) is 5.73 Å². The van der Waals surface area contributed by atoms with Crippen LogP contribution in [0.15, 0.2) is 24.3 Å². The van der Waals surface area contributed by atoms with Gasteiger partial charge >= 0.3 is 0 Å². The standard InChI is InChI=1S/C13H18N2O/c1-2-15-10(5-4-8-14)9-11-12(15)6-3-7-13(11)16/h3,6-7,9,16H,2,4-5,8,14H2,1H3. The Balaban J connectivity index is 2.52. The summed E-state index contributed by atoms with van der Waals surface area (Å²) in [5.74, 6) is 0.360. The number of phenolic OH excluding ortho intramolecular Hbond substituents is 1. The lowest BCUT2D eigenvalue weighted by Gasteiger charge is -2.07. The van der Waals surface area contributed by atoms with Gasteiger partial charge in [-0.3, -0.25) is 0 Å². The fourth-order valence-corrected chi connectivity index (χ4v) is 2.19. The molecule has 1 aromatic carbocycles. The first-order valence-corrected chi connectivity index (χ1v) is 5.78. The highest BCUT2D eigenvalue weighted by atomic mass is 16.3. The number of phenols is 1. The third-order valence-electron chi connectivity index (χ3n) is 2.96. The van der Waals surface area contributed by atoms with Crippen molar-refractivity contribution in [3.05, 3.63) is 30.0 Å². The Morgan fingerprint density at radius 2 is 2.19 bits per heavy atom. The molecule has 86 valence electrons. The Bertz CT molecular complexity index is 488. The predicted octanol–water partition coefficient (Wildman–Crippen LogP) is 2.26. The molecule has 0 unspecified atom stereocenters. The van der Waals surface area contributed by atoms with E-state index in [0.717, 1.165) is 30.3 Å². The van der Waals surface area contributed by atoms with Gasteiger partial charge in [-0.2, -0.15) is 0 Å². The molecule has 3 heteroatoms. The van der Waals surface area contributed by atoms with E-state index >= 15 is 0 Å². The van der Waals surface area contributed by atoms with E-state index in [0.29, 0.717) is 12.3 Å². The lowest BCUT2D eigenvalue weighted by atomic mass is 10.2. The van der Waals surface area contributed by atoms with E-state index in [9.17, 15) is 5.11 Å². The first-order valence-electron chi connectivity index (χ1n) is 5.78. The number of rotatable bonds is 4. The van der Waals surface area contributed by atoms with Crippen LogP contribution in [-0.4, -0.2) is 16.2 Å². The topological polar surface area (TPSA) is 51.2 Å². The summed E-state index contributed by atoms with van der Waals surface area (Å²) < 4.78 is 2.24. The maximum Gasteiger partial charge on any atom is 0.124 e. The summed E-state index contributed by atoms with van der Waals surface area (Å²) in [4.78, 5) is 0. The van der Waals surface area contributed by atoms with E-state index in [4.69, 9.17) is 5.73 Å². The van der Waals surface area contributed by atoms with Gasteiger partial charge in [0.25, 0.3) is 0 Å². The third-order valence-corrected chi connectivity index (χ3v) is 2.96. The highest BCUT2D eigenvalue weighted by molar-refractivity contribution is 5.87. The Labute approximate surface area is 95.5 Å². The number of aromatic hydroxyl groups is 1. The maximum atomic E-state index is 9.79. The van der Waals surface area contributed by atoms with Crippen LogP contribution in [0.4, 0.5) is 0 Å². The number of hydrogen-bond donors (Lipinski definition) is 2. The maximum absolute atomic E-state index is 9.79. The van der Waals surface area contributed by atoms with Gasteiger partial charge in [-0.05, 0) is 44.5 Å². The van der Waals surface area contributed by atoms with Crippen molar-refractivity contribution >= 4 is 10.9 Å². The van der Waals surface area contributed by atoms with E-state index in [1.54, 1.807) is 6.07 Å². The molecule has 0 radical (unpaired) electrons. The number of aryl methyl sites for hydroxylation is 2. The Morgan fingerprint density at radius 1 is 1.38 bits per heavy atom. The van der Waals surface area contributed by atoms with Crippen LogP contribution < -0.4 is 5.73 Å². The molecule has 2 rings (SSSR count). The van der Waals surface area contributed by atoms with Crippen molar-refractivity contribution in [2.45, 2.75) is 26.3 Å². The van der Waals surface area contributed by atoms with Crippen molar-refractivity contribution in [2.75, 3.05) is 6.54 Å². The van der Waals surface area contributed by atoms with Crippen LogP contribution in [0.25, 0.3) is 10.9 Å². The molecule has 0 atom stereocenters. The largest absolute Gasteiger partial charge is 0.507 e. The van der Waals surface area contributed by atoms with Crippen molar-refractivity contribution in [3.63, 3.8) is 0 Å². The SMILES string of the molecule is CCn1c(CCCN)cc2c(O)cccc21. The molecular formula is C13H18N2O. The van der Waals surface area contributed by atoms with Crippen LogP contribution >= 0.6 is 0 Å². The van der Waals surface area contributed by atoms with Crippen LogP contribution in [0.3, 0.4) is 0 Å². The van der Waals surface area contributed by atoms with E-state index in [-0.39, 0.29) is 0 Å². The van der Waals surface area contributed by atoms with Crippen LogP contribution in [-0.2, 0) is 13.0 Å². The highest BCUT2D eigenvalue weighted by Gasteiger charge is 2.09. The molecule has 0 fully saturated rings. The molecule has 0 aliphatic heterocycles. The monoisotopic (exact) mass is 218 g/mol. The van der Waals surface area contributed by atoms with Gasteiger partial charge in [-0.15, -0.1) is 0 Å². The molecule has 1 aromatic heterocycles. The predicted molar refractivity (Wildman–Crippen MR) is 66.7 cm³/mol. The molecule has 1 heterocycles. The lowest BCUT2D eigenvalue weighted by Crippen LogP contribution is -2.05. The van der Waals surface area contributed by atoms with Gasteiger partial charge in [-0.25, -0.2) is 0 Å². The fourth-order valence-electron chi connectivity index (χ4n) is 2.19. The average Bonchev–Trinajstić information content (AvgIpc) is 2.65. The van der Waals surface area contributed by atoms with Crippen molar-refractivity contribution < 1.29 is 5.11 Å². The van der Waals surface area contributed by atoms with Crippen LogP contribution in [0.1, 0.15) is 19.0 Å². The number of aromatic nitrogens is 1. The quantitative estimate of drug-likeness (QED) is 0.827. The Morgan fingerprint density at radius 3 is 2.88 bits per heavy atom. The summed E-state index contributed by atoms with van der Waals surface area (Å²) in [5, 5.41) is 10.7. The van der Waals surface area contributed by atoms with Crippen LogP contribution in [0.2, 0.25) is 0 Å². The summed E-state index contributed by atoms with van der Waals surface area (Å²) in [6, 6.07) is 7.74. The zero-order chi connectivity index (χ0) is 11.5. The summed E-state index contributed by atoms with van der Waals surface area (Å²) >= 11 is 0. The molecule has 3 nitrogen and oxygen atoms in total. The van der Waals surface area contributed by atoms with Gasteiger partial charge in [-0.1, -0.05) is 6.07 Å². The molecule has 2 aromatic rings. The summed E-state index contributed by atoms with van der Waals surface area (Å²) in [6.07, 6.45) is 1.95. The van der Waals surface area contributed by atoms with E-state index in [1.165, 1.54) is 5.69 Å². The molecular weight excluding hydrogens is 200 g/mol. The van der Waals surface area contributed by atoms with Gasteiger partial charge in [0.2, 0.25) is 0 Å². The minimum Gasteiger partial charge on any atom is -0.507 e. The second-order valence-electron chi connectivity index (χ2n) is 3.98. The molecule has 0 spiro atoms. The molecule has 0 saturated heterocycles. The first kappa shape index (κ1) is 11.0. The first-order chi connectivity index (χ1) is 7.77. The van der Waals surface area contributed by atoms with E-state index in [1.807, 2.05) is 12.1 Å². The lowest BCUT2D eigenvalue weighted by molar-refractivity contribution is 0.481. The number of fused-ring (bicyclic) bond motifs is 1. The Hall–Kier alpha value is -1.48. The smallest absolute Gasteiger partial charge is 0.124 e. The second kappa shape index (κ2) is 4.58. The van der Waals surface area contributed by atoms with E-state index < -0.39 is 0 Å². The zero-order valence-corrected chi connectivity index (χ0v) is 9.61. The molecule has 0 aliphatic rings. The van der Waals surface area contributed by atoms with Gasteiger partial charge in [0.1, 0.15) is 5.75 Å². The third kappa shape index (κ3) is 1.78. The van der Waals surface area contributed by atoms with Crippen molar-refractivity contribution in [1.29, 1.82) is 0 Å². The molecule has 3 N–H and O–H groups in total. The fraction of sp³-hybridized carbons (Fsp3) is 0.385. The van der Waals surface area contributed by atoms with Crippen molar-refractivity contribution in [3.8, 4) is 5.75 Å². The number of nitrogens with zero attached hydrogens (tertiary/aromatic N) is 1. The van der Waals surface area contributed by atoms with Gasteiger partial charge in [0.15, 0.2) is 0 Å². The molecule has 0 aliphatic carbocycles. The average molecular weight is 218 g/mol. The molecule has 16 heavy (non-hydrogen) atoms. The molecule has 0 bridgehead atoms.